The van der Waals surface area contributed by atoms with Gasteiger partial charge in [-0.3, -0.25) is 0 Å². The van der Waals surface area contributed by atoms with E-state index in [1.54, 1.807) is 5.57 Å². The quantitative estimate of drug-likeness (QED) is 0.425. The Morgan fingerprint density at radius 1 is 0.962 bits per heavy atom. The Morgan fingerprint density at radius 3 is 2.38 bits per heavy atom. The zero-order valence-electron chi connectivity index (χ0n) is 14.9. The van der Waals surface area contributed by atoms with Crippen LogP contribution < -0.4 is 4.41 Å². The van der Waals surface area contributed by atoms with Gasteiger partial charge in [0.2, 0.25) is 0 Å². The molecule has 5 rings (SSSR count). The molecule has 1 fully saturated rings. The van der Waals surface area contributed by atoms with Crippen molar-refractivity contribution in [1.82, 2.24) is 0 Å². The maximum atomic E-state index is 5.01. The molecule has 1 aliphatic carbocycles. The van der Waals surface area contributed by atoms with Gasteiger partial charge in [0.25, 0.3) is 0 Å². The van der Waals surface area contributed by atoms with Crippen LogP contribution in [0.5, 0.6) is 0 Å². The van der Waals surface area contributed by atoms with Crippen LogP contribution in [0.1, 0.15) is 30.4 Å². The highest BCUT2D eigenvalue weighted by atomic mass is 33.1. The van der Waals surface area contributed by atoms with Crippen LogP contribution in [0.4, 0.5) is 5.69 Å². The van der Waals surface area contributed by atoms with Gasteiger partial charge in [-0.1, -0.05) is 47.2 Å². The lowest BCUT2D eigenvalue weighted by Crippen LogP contribution is -2.18. The molecular weight excluding hydrogens is 376 g/mol. The van der Waals surface area contributed by atoms with Crippen molar-refractivity contribution < 1.29 is 0 Å². The molecule has 0 N–H and O–H groups in total. The minimum atomic E-state index is -0.0121. The molecule has 3 aliphatic rings. The number of hydrogen-bond acceptors (Lipinski definition) is 4. The zero-order chi connectivity index (χ0) is 17.7. The fraction of sp³-hybridized carbons (Fsp3) is 0.238. The van der Waals surface area contributed by atoms with Crippen molar-refractivity contribution >= 4 is 48.5 Å². The number of nitrogens with zero attached hydrogens (tertiary/aromatic N) is 2. The summed E-state index contributed by atoms with van der Waals surface area (Å²) in [5.41, 5.74) is 6.70. The van der Waals surface area contributed by atoms with E-state index in [-0.39, 0.29) is 9.70 Å². The van der Waals surface area contributed by atoms with Crippen molar-refractivity contribution in [2.24, 2.45) is 5.10 Å². The van der Waals surface area contributed by atoms with E-state index < -0.39 is 0 Å². The topological polar surface area (TPSA) is 15.6 Å². The lowest BCUT2D eigenvalue weighted by Gasteiger charge is -2.19. The van der Waals surface area contributed by atoms with Gasteiger partial charge in [0.1, 0.15) is 0 Å². The highest BCUT2D eigenvalue weighted by Gasteiger charge is 2.38. The summed E-state index contributed by atoms with van der Waals surface area (Å²) >= 11 is 1.93. The first-order valence-electron chi connectivity index (χ1n) is 8.91. The fourth-order valence-corrected chi connectivity index (χ4v) is 9.80. The summed E-state index contributed by atoms with van der Waals surface area (Å²) < 4.78 is 3.75. The van der Waals surface area contributed by atoms with Gasteiger partial charge in [-0.25, -0.2) is 4.41 Å². The predicted octanol–water partition coefficient (Wildman–Crippen LogP) is 6.69. The summed E-state index contributed by atoms with van der Waals surface area (Å²) in [7, 11) is 2.00. The highest BCUT2D eigenvalue weighted by Crippen LogP contribution is 2.60. The lowest BCUT2D eigenvalue weighted by atomic mass is 9.94. The number of anilines is 1. The number of hydrogen-bond donors (Lipinski definition) is 0. The number of aryl methyl sites for hydroxylation is 2. The van der Waals surface area contributed by atoms with Crippen LogP contribution in [0.2, 0.25) is 0 Å². The van der Waals surface area contributed by atoms with Crippen molar-refractivity contribution in [1.29, 1.82) is 0 Å². The molecule has 0 radical (unpaired) electrons. The SMILES string of the molecule is Cc1ccc(SC2=C3CCCC4=NN(c5ccc(C)cc5)S(=C43)S2)cc1. The smallest absolute Gasteiger partial charge is 0.0777 e. The molecule has 2 aliphatic heterocycles. The van der Waals surface area contributed by atoms with E-state index >= 15 is 0 Å². The average Bonchev–Trinajstić information content (AvgIpc) is 3.20. The average molecular weight is 397 g/mol. The summed E-state index contributed by atoms with van der Waals surface area (Å²) in [6, 6.07) is 17.7. The Kier molecular flexibility index (Phi) is 4.26. The number of allylic oxidation sites excluding steroid dienone is 1. The Morgan fingerprint density at radius 2 is 1.65 bits per heavy atom. The molecule has 2 aromatic rings. The monoisotopic (exact) mass is 396 g/mol. The second-order valence-electron chi connectivity index (χ2n) is 6.85. The molecule has 1 saturated carbocycles. The van der Waals surface area contributed by atoms with Gasteiger partial charge < -0.3 is 0 Å². The predicted molar refractivity (Wildman–Crippen MR) is 119 cm³/mol. The molecule has 0 saturated heterocycles. The van der Waals surface area contributed by atoms with Gasteiger partial charge in [0, 0.05) is 14.6 Å². The van der Waals surface area contributed by atoms with Crippen molar-refractivity contribution in [3.05, 3.63) is 69.5 Å². The van der Waals surface area contributed by atoms with Crippen LogP contribution in [0.25, 0.3) is 0 Å². The summed E-state index contributed by atoms with van der Waals surface area (Å²) in [5.74, 6) is 0. The number of hydrazone groups is 1. The third-order valence-corrected chi connectivity index (χ3v) is 10.5. The third kappa shape index (κ3) is 2.86. The molecule has 0 bridgehead atoms. The first kappa shape index (κ1) is 16.7. The number of rotatable bonds is 3. The summed E-state index contributed by atoms with van der Waals surface area (Å²) in [6.07, 6.45) is 3.53. The normalized spacial score (nSPS) is 21.3. The van der Waals surface area contributed by atoms with Gasteiger partial charge in [-0.2, -0.15) is 5.10 Å². The van der Waals surface area contributed by atoms with Crippen LogP contribution >= 0.6 is 32.3 Å². The Balaban J connectivity index is 1.48. The molecule has 1 unspecified atom stereocenters. The molecule has 5 heteroatoms. The van der Waals surface area contributed by atoms with Crippen molar-refractivity contribution in [2.75, 3.05) is 4.41 Å². The summed E-state index contributed by atoms with van der Waals surface area (Å²) in [4.78, 5) is 2.86. The largest absolute Gasteiger partial charge is 0.202 e. The van der Waals surface area contributed by atoms with E-state index in [0.717, 1.165) is 6.42 Å². The number of benzene rings is 2. The van der Waals surface area contributed by atoms with Crippen molar-refractivity contribution in [3.63, 3.8) is 0 Å². The standard InChI is InChI=1S/C21H20N2S3/c1-14-6-10-16(11-7-14)23-22-19-5-3-4-18-20(19)26(23)25-21(18)24-17-12-8-15(2)9-13-17/h6-13H,3-5H2,1-2H3. The Bertz CT molecular complexity index is 969. The zero-order valence-corrected chi connectivity index (χ0v) is 17.3. The third-order valence-electron chi connectivity index (χ3n) is 4.81. The van der Waals surface area contributed by atoms with Gasteiger partial charge >= 0.3 is 0 Å². The van der Waals surface area contributed by atoms with Gasteiger partial charge in [0.15, 0.2) is 0 Å². The highest BCUT2D eigenvalue weighted by molar-refractivity contribution is 8.88. The minimum Gasteiger partial charge on any atom is -0.202 e. The Labute approximate surface area is 165 Å². The molecule has 0 amide bonds. The first-order chi connectivity index (χ1) is 12.7. The summed E-state index contributed by atoms with van der Waals surface area (Å²) in [6.45, 7) is 4.28. The Hall–Kier alpha value is -1.43. The van der Waals surface area contributed by atoms with Gasteiger partial charge in [-0.15, -0.1) is 0 Å². The van der Waals surface area contributed by atoms with E-state index in [2.05, 4.69) is 66.8 Å². The van der Waals surface area contributed by atoms with Crippen LogP contribution in [0.3, 0.4) is 0 Å². The van der Waals surface area contributed by atoms with Crippen LogP contribution in [-0.4, -0.2) is 10.6 Å². The summed E-state index contributed by atoms with van der Waals surface area (Å²) in [5, 5.41) is 5.01. The van der Waals surface area contributed by atoms with Crippen molar-refractivity contribution in [3.8, 4) is 0 Å². The molecule has 26 heavy (non-hydrogen) atoms. The van der Waals surface area contributed by atoms with Crippen LogP contribution in [0.15, 0.2) is 68.3 Å². The molecule has 0 spiro atoms. The van der Waals surface area contributed by atoms with E-state index in [0.29, 0.717) is 0 Å². The van der Waals surface area contributed by atoms with Crippen LogP contribution in [-0.2, 0) is 0 Å². The van der Waals surface area contributed by atoms with E-state index in [1.165, 1.54) is 49.4 Å². The molecule has 2 nitrogen and oxygen atoms in total. The van der Waals surface area contributed by atoms with Gasteiger partial charge in [0.05, 0.1) is 20.5 Å². The van der Waals surface area contributed by atoms with E-state index in [1.807, 2.05) is 22.6 Å². The lowest BCUT2D eigenvalue weighted by molar-refractivity contribution is 0.865. The molecule has 132 valence electrons. The molecular formula is C21H20N2S3. The van der Waals surface area contributed by atoms with Crippen molar-refractivity contribution in [2.45, 2.75) is 38.0 Å². The van der Waals surface area contributed by atoms with E-state index in [9.17, 15) is 0 Å². The van der Waals surface area contributed by atoms with Gasteiger partial charge in [-0.05, 0) is 73.7 Å². The molecule has 0 aromatic heterocycles. The number of thioether (sulfide) groups is 1. The molecule has 2 aromatic carbocycles. The fourth-order valence-electron chi connectivity index (χ4n) is 3.38. The second kappa shape index (κ2) is 6.63. The maximum absolute atomic E-state index is 5.01. The maximum Gasteiger partial charge on any atom is 0.0777 e. The second-order valence-corrected chi connectivity index (χ2v) is 11.5. The molecule has 2 heterocycles. The first-order valence-corrected chi connectivity index (χ1v) is 12.2. The minimum absolute atomic E-state index is 0.0121. The molecule has 1 atom stereocenters. The van der Waals surface area contributed by atoms with E-state index in [4.69, 9.17) is 5.10 Å². The van der Waals surface area contributed by atoms with Crippen LogP contribution in [0, 0.1) is 13.8 Å².